The van der Waals surface area contributed by atoms with Gasteiger partial charge >= 0.3 is 0 Å². The smallest absolute Gasteiger partial charge is 0.0659 e. The molecule has 1 aromatic heterocycles. The van der Waals surface area contributed by atoms with Gasteiger partial charge in [0, 0.05) is 24.9 Å². The first-order valence-electron chi connectivity index (χ1n) is 7.25. The molecule has 0 radical (unpaired) electrons. The Bertz CT molecular complexity index is 481. The van der Waals surface area contributed by atoms with Crippen molar-refractivity contribution in [1.29, 1.82) is 0 Å². The van der Waals surface area contributed by atoms with Crippen molar-refractivity contribution in [3.63, 3.8) is 0 Å². The zero-order valence-electron chi connectivity index (χ0n) is 11.8. The molecule has 0 aliphatic carbocycles. The lowest BCUT2D eigenvalue weighted by Crippen LogP contribution is -2.14. The molecule has 2 N–H and O–H groups in total. The average Bonchev–Trinajstić information content (AvgIpc) is 2.91. The second kappa shape index (κ2) is 8.51. The van der Waals surface area contributed by atoms with Gasteiger partial charge in [0.05, 0.1) is 12.7 Å². The molecule has 1 aromatic carbocycles. The molecule has 0 aliphatic rings. The van der Waals surface area contributed by atoms with E-state index in [-0.39, 0.29) is 0 Å². The van der Waals surface area contributed by atoms with E-state index < -0.39 is 0 Å². The number of nitrogens with zero attached hydrogens (tertiary/aromatic N) is 2. The zero-order chi connectivity index (χ0) is 14.0. The quantitative estimate of drug-likeness (QED) is 0.689. The van der Waals surface area contributed by atoms with Crippen LogP contribution >= 0.6 is 0 Å². The van der Waals surface area contributed by atoms with Crippen LogP contribution in [-0.2, 0) is 13.1 Å². The van der Waals surface area contributed by atoms with Gasteiger partial charge in [-0.05, 0) is 31.4 Å². The maximum Gasteiger partial charge on any atom is 0.0659 e. The van der Waals surface area contributed by atoms with Crippen molar-refractivity contribution in [1.82, 2.24) is 15.1 Å². The number of rotatable bonds is 9. The predicted molar refractivity (Wildman–Crippen MR) is 80.4 cm³/mol. The highest BCUT2D eigenvalue weighted by atomic mass is 16.2. The largest absolute Gasteiger partial charge is 0.396 e. The molecule has 4 nitrogen and oxygen atoms in total. The lowest BCUT2D eigenvalue weighted by atomic mass is 10.2. The minimum absolute atomic E-state index is 0.298. The van der Waals surface area contributed by atoms with Crippen LogP contribution in [0.3, 0.4) is 0 Å². The van der Waals surface area contributed by atoms with E-state index in [0.29, 0.717) is 6.61 Å². The van der Waals surface area contributed by atoms with Gasteiger partial charge in [-0.3, -0.25) is 4.68 Å². The summed E-state index contributed by atoms with van der Waals surface area (Å²) in [5.41, 5.74) is 2.47. The molecule has 0 bridgehead atoms. The van der Waals surface area contributed by atoms with Gasteiger partial charge < -0.3 is 10.4 Å². The Morgan fingerprint density at radius 2 is 1.90 bits per heavy atom. The van der Waals surface area contributed by atoms with Gasteiger partial charge in [-0.2, -0.15) is 5.10 Å². The third-order valence-corrected chi connectivity index (χ3v) is 3.21. The van der Waals surface area contributed by atoms with Gasteiger partial charge in [-0.15, -0.1) is 0 Å². The second-order valence-electron chi connectivity index (χ2n) is 4.99. The van der Waals surface area contributed by atoms with E-state index in [1.165, 1.54) is 11.1 Å². The number of hydrogen-bond acceptors (Lipinski definition) is 3. The normalized spacial score (nSPS) is 10.8. The third kappa shape index (κ3) is 5.15. The summed E-state index contributed by atoms with van der Waals surface area (Å²) in [6.07, 6.45) is 7.10. The Balaban J connectivity index is 1.70. The Labute approximate surface area is 120 Å². The van der Waals surface area contributed by atoms with E-state index >= 15 is 0 Å². The molecule has 2 aromatic rings. The summed E-state index contributed by atoms with van der Waals surface area (Å²) in [5.74, 6) is 0. The van der Waals surface area contributed by atoms with Crippen molar-refractivity contribution < 1.29 is 5.11 Å². The van der Waals surface area contributed by atoms with Crippen LogP contribution in [0.5, 0.6) is 0 Å². The number of nitrogens with one attached hydrogen (secondary N) is 1. The van der Waals surface area contributed by atoms with Crippen molar-refractivity contribution in [2.45, 2.75) is 32.4 Å². The van der Waals surface area contributed by atoms with Crippen LogP contribution in [0.25, 0.3) is 0 Å². The van der Waals surface area contributed by atoms with E-state index in [0.717, 1.165) is 38.9 Å². The average molecular weight is 273 g/mol. The molecular weight excluding hydrogens is 250 g/mol. The molecule has 4 heteroatoms. The molecular formula is C16H23N3O. The SMILES string of the molecule is OCCCCCNCc1cnn(Cc2ccccc2)c1. The van der Waals surface area contributed by atoms with Gasteiger partial charge in [-0.25, -0.2) is 0 Å². The molecule has 0 unspecified atom stereocenters. The van der Waals surface area contributed by atoms with Crippen molar-refractivity contribution in [3.05, 3.63) is 53.9 Å². The maximum atomic E-state index is 8.69. The molecule has 2 rings (SSSR count). The lowest BCUT2D eigenvalue weighted by Gasteiger charge is -2.02. The lowest BCUT2D eigenvalue weighted by molar-refractivity contribution is 0.283. The van der Waals surface area contributed by atoms with Gasteiger partial charge in [0.1, 0.15) is 0 Å². The van der Waals surface area contributed by atoms with Crippen LogP contribution in [0.15, 0.2) is 42.7 Å². The van der Waals surface area contributed by atoms with Crippen LogP contribution in [-0.4, -0.2) is 28.0 Å². The van der Waals surface area contributed by atoms with Gasteiger partial charge in [0.25, 0.3) is 0 Å². The summed E-state index contributed by atoms with van der Waals surface area (Å²) in [4.78, 5) is 0. The minimum atomic E-state index is 0.298. The van der Waals surface area contributed by atoms with Crippen LogP contribution in [0.2, 0.25) is 0 Å². The number of aromatic nitrogens is 2. The molecule has 0 amide bonds. The number of unbranched alkanes of at least 4 members (excludes halogenated alkanes) is 2. The van der Waals surface area contributed by atoms with E-state index in [1.807, 2.05) is 29.1 Å². The van der Waals surface area contributed by atoms with E-state index in [1.54, 1.807) is 0 Å². The number of hydrogen-bond donors (Lipinski definition) is 2. The predicted octanol–water partition coefficient (Wildman–Crippen LogP) is 2.18. The molecule has 20 heavy (non-hydrogen) atoms. The third-order valence-electron chi connectivity index (χ3n) is 3.21. The second-order valence-corrected chi connectivity index (χ2v) is 4.99. The Morgan fingerprint density at radius 1 is 1.05 bits per heavy atom. The van der Waals surface area contributed by atoms with Gasteiger partial charge in [0.15, 0.2) is 0 Å². The fraction of sp³-hybridized carbons (Fsp3) is 0.438. The fourth-order valence-electron chi connectivity index (χ4n) is 2.13. The maximum absolute atomic E-state index is 8.69. The zero-order valence-corrected chi connectivity index (χ0v) is 11.8. The minimum Gasteiger partial charge on any atom is -0.396 e. The van der Waals surface area contributed by atoms with Crippen molar-refractivity contribution in [2.75, 3.05) is 13.2 Å². The molecule has 0 saturated heterocycles. The van der Waals surface area contributed by atoms with Gasteiger partial charge in [0.2, 0.25) is 0 Å². The highest BCUT2D eigenvalue weighted by Crippen LogP contribution is 2.04. The summed E-state index contributed by atoms with van der Waals surface area (Å²) >= 11 is 0. The first-order valence-corrected chi connectivity index (χ1v) is 7.25. The molecule has 108 valence electrons. The topological polar surface area (TPSA) is 50.1 Å². The van der Waals surface area contributed by atoms with Crippen LogP contribution in [0.4, 0.5) is 0 Å². The van der Waals surface area contributed by atoms with Crippen LogP contribution < -0.4 is 5.32 Å². The fourth-order valence-corrected chi connectivity index (χ4v) is 2.13. The molecule has 0 fully saturated rings. The standard InChI is InChI=1S/C16H23N3O/c20-10-6-2-5-9-17-11-16-12-18-19(14-16)13-15-7-3-1-4-8-15/h1,3-4,7-8,12,14,17,20H,2,5-6,9-11,13H2. The van der Waals surface area contributed by atoms with Crippen LogP contribution in [0, 0.1) is 0 Å². The number of aliphatic hydroxyl groups excluding tert-OH is 1. The van der Waals surface area contributed by atoms with Gasteiger partial charge in [-0.1, -0.05) is 30.3 Å². The van der Waals surface area contributed by atoms with Crippen LogP contribution in [0.1, 0.15) is 30.4 Å². The summed E-state index contributed by atoms with van der Waals surface area (Å²) in [7, 11) is 0. The Kier molecular flexibility index (Phi) is 6.27. The monoisotopic (exact) mass is 273 g/mol. The molecule has 0 spiro atoms. The molecule has 0 atom stereocenters. The molecule has 1 heterocycles. The van der Waals surface area contributed by atoms with E-state index in [9.17, 15) is 0 Å². The van der Waals surface area contributed by atoms with Crippen molar-refractivity contribution in [2.24, 2.45) is 0 Å². The highest BCUT2D eigenvalue weighted by molar-refractivity contribution is 5.15. The Morgan fingerprint density at radius 3 is 2.70 bits per heavy atom. The van der Waals surface area contributed by atoms with Crippen molar-refractivity contribution >= 4 is 0 Å². The first-order chi connectivity index (χ1) is 9.88. The summed E-state index contributed by atoms with van der Waals surface area (Å²) in [6.45, 7) is 2.96. The van der Waals surface area contributed by atoms with E-state index in [4.69, 9.17) is 5.11 Å². The summed E-state index contributed by atoms with van der Waals surface area (Å²) in [5, 5.41) is 16.5. The first kappa shape index (κ1) is 14.8. The molecule has 0 aliphatic heterocycles. The summed E-state index contributed by atoms with van der Waals surface area (Å²) < 4.78 is 1.97. The number of benzene rings is 1. The number of aliphatic hydroxyl groups is 1. The summed E-state index contributed by atoms with van der Waals surface area (Å²) in [6, 6.07) is 10.3. The highest BCUT2D eigenvalue weighted by Gasteiger charge is 1.99. The Hall–Kier alpha value is -1.65. The van der Waals surface area contributed by atoms with Crippen molar-refractivity contribution in [3.8, 4) is 0 Å². The van der Waals surface area contributed by atoms with E-state index in [2.05, 4.69) is 28.7 Å². The molecule has 0 saturated carbocycles.